The minimum Gasteiger partial charge on any atom is -0.373 e. The normalized spacial score (nSPS) is 9.23. The zero-order valence-electron chi connectivity index (χ0n) is 6.99. The molecule has 0 fully saturated rings. The average Bonchev–Trinajstić information content (AvgIpc) is 2.27. The van der Waals surface area contributed by atoms with Crippen molar-refractivity contribution in [2.45, 2.75) is 0 Å². The van der Waals surface area contributed by atoms with Crippen LogP contribution in [0.5, 0.6) is 0 Å². The monoisotopic (exact) mass is 178 g/mol. The Morgan fingerprint density at radius 1 is 1.31 bits per heavy atom. The van der Waals surface area contributed by atoms with Crippen LogP contribution in [0.2, 0.25) is 0 Å². The third-order valence-corrected chi connectivity index (χ3v) is 1.45. The first-order valence-electron chi connectivity index (χ1n) is 3.81. The fourth-order valence-electron chi connectivity index (χ4n) is 0.859. The molecule has 13 heavy (non-hydrogen) atoms. The summed E-state index contributed by atoms with van der Waals surface area (Å²) in [6.07, 6.45) is 0. The molecule has 0 aliphatic heterocycles. The van der Waals surface area contributed by atoms with Crippen LogP contribution < -0.4 is 16.5 Å². The molecule has 1 amide bonds. The molecule has 0 saturated heterocycles. The molecule has 1 aromatic rings. The van der Waals surface area contributed by atoms with Crippen LogP contribution >= 0.6 is 0 Å². The molecule has 0 bridgehead atoms. The van der Waals surface area contributed by atoms with Crippen molar-refractivity contribution in [3.05, 3.63) is 40.6 Å². The van der Waals surface area contributed by atoms with Crippen molar-refractivity contribution < 1.29 is 4.79 Å². The Morgan fingerprint density at radius 3 is 2.69 bits per heavy atom. The highest BCUT2D eigenvalue weighted by atomic mass is 16.1. The van der Waals surface area contributed by atoms with Crippen LogP contribution in [0.4, 0.5) is 5.69 Å². The molecule has 0 aliphatic rings. The lowest BCUT2D eigenvalue weighted by Gasteiger charge is -1.98. The van der Waals surface area contributed by atoms with Gasteiger partial charge in [-0.25, -0.2) is 0 Å². The highest BCUT2D eigenvalue weighted by molar-refractivity contribution is 5.78. The summed E-state index contributed by atoms with van der Waals surface area (Å²) >= 11 is 0. The maximum atomic E-state index is 11.2. The molecular formula is C9H10N2O2. The lowest BCUT2D eigenvalue weighted by atomic mass is 10.4. The number of primary amides is 1. The minimum absolute atomic E-state index is 0.0285. The summed E-state index contributed by atoms with van der Waals surface area (Å²) in [5.74, 6) is -0.495. The number of hydrogen-bond acceptors (Lipinski definition) is 3. The molecule has 68 valence electrons. The summed E-state index contributed by atoms with van der Waals surface area (Å²) in [5, 5.41) is 2.65. The van der Waals surface area contributed by atoms with E-state index in [2.05, 4.69) is 5.32 Å². The standard InChI is InChI=1S/C9H10N2O2/c10-9(13)6-11-7-4-2-1-3-5-8(7)12/h1-5H,6H2,(H2,10,13)(H,11,12). The molecule has 3 N–H and O–H groups in total. The van der Waals surface area contributed by atoms with Crippen molar-refractivity contribution in [3.63, 3.8) is 0 Å². The molecule has 1 aromatic carbocycles. The van der Waals surface area contributed by atoms with Crippen LogP contribution in [-0.2, 0) is 4.79 Å². The fourth-order valence-corrected chi connectivity index (χ4v) is 0.859. The number of hydrogen-bond donors (Lipinski definition) is 2. The van der Waals surface area contributed by atoms with Gasteiger partial charge < -0.3 is 11.1 Å². The third-order valence-electron chi connectivity index (χ3n) is 1.45. The maximum Gasteiger partial charge on any atom is 0.236 e. The SMILES string of the molecule is NC(=O)CNc1cccccc1=O. The van der Waals surface area contributed by atoms with Crippen molar-refractivity contribution >= 4 is 11.6 Å². The summed E-state index contributed by atoms with van der Waals surface area (Å²) < 4.78 is 0. The molecule has 1 rings (SSSR count). The molecule has 0 spiro atoms. The molecule has 0 aliphatic carbocycles. The first-order chi connectivity index (χ1) is 6.20. The van der Waals surface area contributed by atoms with E-state index in [9.17, 15) is 9.59 Å². The fraction of sp³-hybridized carbons (Fsp3) is 0.111. The van der Waals surface area contributed by atoms with Crippen LogP contribution in [0.15, 0.2) is 35.1 Å². The van der Waals surface area contributed by atoms with Crippen LogP contribution in [0, 0.1) is 0 Å². The predicted molar refractivity (Wildman–Crippen MR) is 50.4 cm³/mol. The number of carbonyl (C=O) groups excluding carboxylic acids is 1. The first-order valence-corrected chi connectivity index (χ1v) is 3.81. The Labute approximate surface area is 75.4 Å². The number of amides is 1. The lowest BCUT2D eigenvalue weighted by molar-refractivity contribution is -0.116. The zero-order valence-corrected chi connectivity index (χ0v) is 6.99. The molecule has 4 heteroatoms. The van der Waals surface area contributed by atoms with Crippen molar-refractivity contribution in [3.8, 4) is 0 Å². The van der Waals surface area contributed by atoms with E-state index in [1.54, 1.807) is 24.3 Å². The Bertz CT molecular complexity index is 363. The van der Waals surface area contributed by atoms with Gasteiger partial charge in [0.25, 0.3) is 0 Å². The highest BCUT2D eigenvalue weighted by Gasteiger charge is 1.96. The molecule has 0 heterocycles. The number of anilines is 1. The van der Waals surface area contributed by atoms with E-state index in [-0.39, 0.29) is 12.0 Å². The predicted octanol–water partition coefficient (Wildman–Crippen LogP) is -0.0560. The Morgan fingerprint density at radius 2 is 2.00 bits per heavy atom. The molecular weight excluding hydrogens is 168 g/mol. The largest absolute Gasteiger partial charge is 0.373 e. The molecule has 0 aromatic heterocycles. The topological polar surface area (TPSA) is 72.2 Å². The third kappa shape index (κ3) is 2.94. The summed E-state index contributed by atoms with van der Waals surface area (Å²) in [7, 11) is 0. The van der Waals surface area contributed by atoms with Gasteiger partial charge in [0.15, 0.2) is 0 Å². The van der Waals surface area contributed by atoms with Crippen molar-refractivity contribution in [1.29, 1.82) is 0 Å². The summed E-state index contributed by atoms with van der Waals surface area (Å²) in [4.78, 5) is 21.6. The van der Waals surface area contributed by atoms with Crippen molar-refractivity contribution in [2.24, 2.45) is 5.73 Å². The lowest BCUT2D eigenvalue weighted by Crippen LogP contribution is -2.23. The second-order valence-electron chi connectivity index (χ2n) is 2.51. The molecule has 0 radical (unpaired) electrons. The summed E-state index contributed by atoms with van der Waals surface area (Å²) in [6.45, 7) is -0.0285. The summed E-state index contributed by atoms with van der Waals surface area (Å²) in [6, 6.07) is 8.11. The second kappa shape index (κ2) is 4.25. The number of rotatable bonds is 3. The van der Waals surface area contributed by atoms with Gasteiger partial charge in [-0.1, -0.05) is 18.2 Å². The van der Waals surface area contributed by atoms with Gasteiger partial charge in [0.1, 0.15) is 0 Å². The molecule has 4 nitrogen and oxygen atoms in total. The van der Waals surface area contributed by atoms with Gasteiger partial charge in [-0.05, 0) is 12.1 Å². The first kappa shape index (κ1) is 9.25. The van der Waals surface area contributed by atoms with E-state index in [0.717, 1.165) is 0 Å². The molecule has 0 unspecified atom stereocenters. The van der Waals surface area contributed by atoms with E-state index >= 15 is 0 Å². The van der Waals surface area contributed by atoms with Crippen LogP contribution in [0.25, 0.3) is 0 Å². The number of nitrogens with two attached hydrogens (primary N) is 1. The van der Waals surface area contributed by atoms with Crippen molar-refractivity contribution in [1.82, 2.24) is 0 Å². The van der Waals surface area contributed by atoms with Gasteiger partial charge in [0.2, 0.25) is 11.3 Å². The van der Waals surface area contributed by atoms with Crippen LogP contribution in [-0.4, -0.2) is 12.5 Å². The quantitative estimate of drug-likeness (QED) is 0.681. The average molecular weight is 178 g/mol. The van der Waals surface area contributed by atoms with E-state index in [1.165, 1.54) is 6.07 Å². The van der Waals surface area contributed by atoms with Crippen LogP contribution in [0.3, 0.4) is 0 Å². The zero-order chi connectivity index (χ0) is 9.68. The second-order valence-corrected chi connectivity index (χ2v) is 2.51. The highest BCUT2D eigenvalue weighted by Crippen LogP contribution is 1.95. The van der Waals surface area contributed by atoms with Gasteiger partial charge in [-0.3, -0.25) is 9.59 Å². The van der Waals surface area contributed by atoms with E-state index in [4.69, 9.17) is 5.73 Å². The Balaban J connectivity index is 2.84. The number of carbonyl (C=O) groups is 1. The van der Waals surface area contributed by atoms with Crippen molar-refractivity contribution in [2.75, 3.05) is 11.9 Å². The Hall–Kier alpha value is -1.84. The number of nitrogens with one attached hydrogen (secondary N) is 1. The van der Waals surface area contributed by atoms with Gasteiger partial charge in [-0.2, -0.15) is 0 Å². The summed E-state index contributed by atoms with van der Waals surface area (Å²) in [5.41, 5.74) is 5.14. The Kier molecular flexibility index (Phi) is 3.03. The van der Waals surface area contributed by atoms with Gasteiger partial charge in [-0.15, -0.1) is 0 Å². The minimum atomic E-state index is -0.495. The van der Waals surface area contributed by atoms with E-state index in [0.29, 0.717) is 5.69 Å². The van der Waals surface area contributed by atoms with Gasteiger partial charge in [0.05, 0.1) is 12.2 Å². The van der Waals surface area contributed by atoms with Gasteiger partial charge >= 0.3 is 0 Å². The van der Waals surface area contributed by atoms with E-state index < -0.39 is 5.91 Å². The van der Waals surface area contributed by atoms with Gasteiger partial charge in [0, 0.05) is 0 Å². The van der Waals surface area contributed by atoms with E-state index in [1.807, 2.05) is 0 Å². The van der Waals surface area contributed by atoms with Crippen LogP contribution in [0.1, 0.15) is 0 Å². The smallest absolute Gasteiger partial charge is 0.236 e. The molecule has 0 saturated carbocycles. The maximum absolute atomic E-state index is 11.2. The molecule has 0 atom stereocenters.